The minimum Gasteiger partial charge on any atom is -0.468 e. The molecular formula is C9H14N2O3. The van der Waals surface area contributed by atoms with Gasteiger partial charge in [-0.3, -0.25) is 9.36 Å². The monoisotopic (exact) mass is 198 g/mol. The third-order valence-corrected chi connectivity index (χ3v) is 1.73. The summed E-state index contributed by atoms with van der Waals surface area (Å²) in [7, 11) is 1.44. The molecule has 1 N–H and O–H groups in total. The summed E-state index contributed by atoms with van der Waals surface area (Å²) in [6.07, 6.45) is -0.605. The third-order valence-electron chi connectivity index (χ3n) is 1.73. The van der Waals surface area contributed by atoms with E-state index < -0.39 is 6.10 Å². The van der Waals surface area contributed by atoms with Crippen molar-refractivity contribution in [1.82, 2.24) is 9.55 Å². The van der Waals surface area contributed by atoms with Gasteiger partial charge < -0.3 is 9.84 Å². The van der Waals surface area contributed by atoms with Gasteiger partial charge in [-0.25, -0.2) is 4.98 Å². The first-order chi connectivity index (χ1) is 6.54. The number of nitrogens with zero attached hydrogens (tertiary/aromatic N) is 2. The van der Waals surface area contributed by atoms with Gasteiger partial charge >= 0.3 is 0 Å². The molecule has 1 aromatic rings. The molecule has 0 spiro atoms. The van der Waals surface area contributed by atoms with E-state index in [1.165, 1.54) is 17.7 Å². The van der Waals surface area contributed by atoms with Crippen LogP contribution in [0.2, 0.25) is 0 Å². The van der Waals surface area contributed by atoms with Crippen molar-refractivity contribution in [2.75, 3.05) is 7.11 Å². The van der Waals surface area contributed by atoms with E-state index in [1.54, 1.807) is 13.8 Å². The molecule has 1 rings (SSSR count). The van der Waals surface area contributed by atoms with Crippen molar-refractivity contribution in [3.8, 4) is 6.01 Å². The van der Waals surface area contributed by atoms with Crippen LogP contribution in [0.5, 0.6) is 6.01 Å². The molecule has 1 unspecified atom stereocenters. The molecule has 5 nitrogen and oxygen atoms in total. The molecule has 0 saturated carbocycles. The lowest BCUT2D eigenvalue weighted by Gasteiger charge is -2.11. The molecule has 0 aliphatic carbocycles. The normalized spacial score (nSPS) is 12.6. The predicted molar refractivity (Wildman–Crippen MR) is 51.5 cm³/mol. The first kappa shape index (κ1) is 10.7. The summed E-state index contributed by atoms with van der Waals surface area (Å²) in [4.78, 5) is 15.5. The first-order valence-electron chi connectivity index (χ1n) is 4.35. The fourth-order valence-electron chi connectivity index (χ4n) is 1.18. The molecule has 0 saturated heterocycles. The Balaban J connectivity index is 3.19. The van der Waals surface area contributed by atoms with Crippen molar-refractivity contribution in [2.24, 2.45) is 0 Å². The van der Waals surface area contributed by atoms with Gasteiger partial charge in [-0.15, -0.1) is 0 Å². The third kappa shape index (κ3) is 2.32. The molecule has 0 aliphatic heterocycles. The van der Waals surface area contributed by atoms with Gasteiger partial charge in [0.15, 0.2) is 0 Å². The second-order valence-electron chi connectivity index (χ2n) is 3.18. The highest BCUT2D eigenvalue weighted by molar-refractivity contribution is 5.06. The Labute approximate surface area is 82.0 Å². The smallest absolute Gasteiger partial charge is 0.299 e. The highest BCUT2D eigenvalue weighted by atomic mass is 16.5. The van der Waals surface area contributed by atoms with Crippen molar-refractivity contribution in [1.29, 1.82) is 0 Å². The van der Waals surface area contributed by atoms with Crippen LogP contribution in [0.1, 0.15) is 12.6 Å². The van der Waals surface area contributed by atoms with Crippen LogP contribution in [0, 0.1) is 6.92 Å². The molecule has 1 heterocycles. The van der Waals surface area contributed by atoms with Gasteiger partial charge in [-0.1, -0.05) is 0 Å². The highest BCUT2D eigenvalue weighted by Gasteiger charge is 2.08. The second kappa shape index (κ2) is 4.23. The molecule has 1 atom stereocenters. The molecule has 0 bridgehead atoms. The van der Waals surface area contributed by atoms with E-state index >= 15 is 0 Å². The van der Waals surface area contributed by atoms with E-state index in [0.29, 0.717) is 5.69 Å². The number of aromatic nitrogens is 2. The second-order valence-corrected chi connectivity index (χ2v) is 3.18. The van der Waals surface area contributed by atoms with E-state index in [4.69, 9.17) is 4.74 Å². The molecular weight excluding hydrogens is 184 g/mol. The van der Waals surface area contributed by atoms with Crippen LogP contribution in [0.25, 0.3) is 0 Å². The SMILES string of the molecule is COc1nc(C)cc(=O)n1CC(C)O. The summed E-state index contributed by atoms with van der Waals surface area (Å²) in [5.41, 5.74) is 0.393. The zero-order valence-electron chi connectivity index (χ0n) is 8.52. The van der Waals surface area contributed by atoms with Gasteiger partial charge in [0, 0.05) is 11.8 Å². The number of rotatable bonds is 3. The molecule has 14 heavy (non-hydrogen) atoms. The summed E-state index contributed by atoms with van der Waals surface area (Å²) in [5.74, 6) is 0. The van der Waals surface area contributed by atoms with Crippen LogP contribution in [-0.4, -0.2) is 27.9 Å². The minimum absolute atomic E-state index is 0.190. The van der Waals surface area contributed by atoms with Gasteiger partial charge in [0.25, 0.3) is 11.6 Å². The van der Waals surface area contributed by atoms with Gasteiger partial charge in [0.2, 0.25) is 0 Å². The van der Waals surface area contributed by atoms with Crippen molar-refractivity contribution in [2.45, 2.75) is 26.5 Å². The summed E-state index contributed by atoms with van der Waals surface area (Å²) in [6, 6.07) is 1.64. The number of aliphatic hydroxyl groups excluding tert-OH is 1. The molecule has 0 radical (unpaired) electrons. The zero-order chi connectivity index (χ0) is 10.7. The molecule has 0 aromatic carbocycles. The number of hydrogen-bond acceptors (Lipinski definition) is 4. The number of hydrogen-bond donors (Lipinski definition) is 1. The molecule has 0 amide bonds. The Morgan fingerprint density at radius 3 is 2.86 bits per heavy atom. The lowest BCUT2D eigenvalue weighted by Crippen LogP contribution is -2.27. The number of aliphatic hydroxyl groups is 1. The minimum atomic E-state index is -0.605. The van der Waals surface area contributed by atoms with E-state index in [0.717, 1.165) is 0 Å². The Kier molecular flexibility index (Phi) is 3.24. The molecule has 0 fully saturated rings. The maximum absolute atomic E-state index is 11.5. The van der Waals surface area contributed by atoms with Gasteiger partial charge in [0.05, 0.1) is 19.8 Å². The van der Waals surface area contributed by atoms with Crippen molar-refractivity contribution >= 4 is 0 Å². The fourth-order valence-corrected chi connectivity index (χ4v) is 1.18. The largest absolute Gasteiger partial charge is 0.468 e. The standard InChI is InChI=1S/C9H14N2O3/c1-6-4-8(13)11(5-7(2)12)9(10-6)14-3/h4,7,12H,5H2,1-3H3. The Bertz CT molecular complexity index is 371. The maximum atomic E-state index is 11.5. The lowest BCUT2D eigenvalue weighted by atomic mass is 10.4. The number of ether oxygens (including phenoxy) is 1. The highest BCUT2D eigenvalue weighted by Crippen LogP contribution is 2.04. The Morgan fingerprint density at radius 2 is 2.36 bits per heavy atom. The summed E-state index contributed by atoms with van der Waals surface area (Å²) in [5, 5.41) is 9.18. The molecule has 0 aliphatic rings. The molecule has 1 aromatic heterocycles. The van der Waals surface area contributed by atoms with Crippen molar-refractivity contribution < 1.29 is 9.84 Å². The topological polar surface area (TPSA) is 64.3 Å². The summed E-state index contributed by atoms with van der Waals surface area (Å²) >= 11 is 0. The van der Waals surface area contributed by atoms with E-state index in [-0.39, 0.29) is 18.1 Å². The van der Waals surface area contributed by atoms with Crippen molar-refractivity contribution in [3.05, 3.63) is 22.1 Å². The summed E-state index contributed by atoms with van der Waals surface area (Å²) in [6.45, 7) is 3.51. The van der Waals surface area contributed by atoms with Gasteiger partial charge in [0.1, 0.15) is 0 Å². The van der Waals surface area contributed by atoms with E-state index in [9.17, 15) is 9.90 Å². The Hall–Kier alpha value is -1.36. The number of aryl methyl sites for hydroxylation is 1. The lowest BCUT2D eigenvalue weighted by molar-refractivity contribution is 0.165. The quantitative estimate of drug-likeness (QED) is 0.739. The Morgan fingerprint density at radius 1 is 1.71 bits per heavy atom. The molecule has 78 valence electrons. The zero-order valence-corrected chi connectivity index (χ0v) is 8.52. The van der Waals surface area contributed by atoms with Crippen molar-refractivity contribution in [3.63, 3.8) is 0 Å². The first-order valence-corrected chi connectivity index (χ1v) is 4.35. The van der Waals surface area contributed by atoms with Crippen LogP contribution >= 0.6 is 0 Å². The van der Waals surface area contributed by atoms with Gasteiger partial charge in [-0.05, 0) is 13.8 Å². The van der Waals surface area contributed by atoms with E-state index in [2.05, 4.69) is 4.98 Å². The molecule has 5 heteroatoms. The average Bonchev–Trinajstić information content (AvgIpc) is 2.08. The van der Waals surface area contributed by atoms with Crippen LogP contribution in [0.3, 0.4) is 0 Å². The number of methoxy groups -OCH3 is 1. The van der Waals surface area contributed by atoms with Crippen LogP contribution in [0.4, 0.5) is 0 Å². The predicted octanol–water partition coefficient (Wildman–Crippen LogP) is -0.0589. The van der Waals surface area contributed by atoms with Gasteiger partial charge in [-0.2, -0.15) is 0 Å². The fraction of sp³-hybridized carbons (Fsp3) is 0.556. The van der Waals surface area contributed by atoms with Crippen LogP contribution < -0.4 is 10.3 Å². The van der Waals surface area contributed by atoms with Crippen LogP contribution in [-0.2, 0) is 6.54 Å². The van der Waals surface area contributed by atoms with E-state index in [1.807, 2.05) is 0 Å². The average molecular weight is 198 g/mol. The summed E-state index contributed by atoms with van der Waals surface area (Å²) < 4.78 is 6.25. The van der Waals surface area contributed by atoms with Crippen LogP contribution in [0.15, 0.2) is 10.9 Å². The maximum Gasteiger partial charge on any atom is 0.299 e.